The number of halogens is 1. The van der Waals surface area contributed by atoms with Crippen LogP contribution in [0, 0.1) is 5.82 Å². The molecular weight excluding hydrogens is 189 g/mol. The third-order valence-electron chi connectivity index (χ3n) is 2.61. The minimum Gasteiger partial charge on any atom is -0.372 e. The Hall–Kier alpha value is -1.05. The van der Waals surface area contributed by atoms with Crippen molar-refractivity contribution in [2.24, 2.45) is 0 Å². The van der Waals surface area contributed by atoms with Gasteiger partial charge in [0.05, 0.1) is 5.69 Å². The normalized spacial score (nSPS) is 10.8. The fourth-order valence-electron chi connectivity index (χ4n) is 1.64. The number of anilines is 1. The van der Waals surface area contributed by atoms with Gasteiger partial charge in [-0.15, -0.1) is 0 Å². The molecule has 0 saturated heterocycles. The number of benzene rings is 1. The minimum atomic E-state index is -0.129. The van der Waals surface area contributed by atoms with E-state index in [-0.39, 0.29) is 5.82 Å². The third-order valence-corrected chi connectivity index (χ3v) is 2.61. The van der Waals surface area contributed by atoms with Crippen LogP contribution in [-0.2, 0) is 0 Å². The van der Waals surface area contributed by atoms with Crippen LogP contribution in [0.2, 0.25) is 0 Å². The molecule has 0 fully saturated rings. The van der Waals surface area contributed by atoms with Crippen molar-refractivity contribution < 1.29 is 4.39 Å². The van der Waals surface area contributed by atoms with Gasteiger partial charge in [0, 0.05) is 13.6 Å². The quantitative estimate of drug-likeness (QED) is 0.729. The van der Waals surface area contributed by atoms with Crippen LogP contribution >= 0.6 is 0 Å². The van der Waals surface area contributed by atoms with Gasteiger partial charge in [-0.25, -0.2) is 4.39 Å². The van der Waals surface area contributed by atoms with Crippen LogP contribution in [0.25, 0.3) is 0 Å². The molecule has 0 heterocycles. The second kappa shape index (κ2) is 5.15. The Morgan fingerprint density at radius 3 is 2.53 bits per heavy atom. The Bertz CT molecular complexity index is 320. The van der Waals surface area contributed by atoms with E-state index in [2.05, 4.69) is 20.8 Å². The molecule has 0 aromatic heterocycles. The summed E-state index contributed by atoms with van der Waals surface area (Å²) in [5, 5.41) is 0. The molecule has 0 bridgehead atoms. The smallest absolute Gasteiger partial charge is 0.146 e. The summed E-state index contributed by atoms with van der Waals surface area (Å²) in [5.74, 6) is 0.315. The lowest BCUT2D eigenvalue weighted by atomic mass is 10.0. The van der Waals surface area contributed by atoms with Gasteiger partial charge in [-0.05, 0) is 30.0 Å². The molecule has 15 heavy (non-hydrogen) atoms. The minimum absolute atomic E-state index is 0.129. The Balaban J connectivity index is 2.99. The Morgan fingerprint density at radius 2 is 2.00 bits per heavy atom. The number of hydrogen-bond donors (Lipinski definition) is 0. The maximum atomic E-state index is 13.6. The van der Waals surface area contributed by atoms with E-state index >= 15 is 0 Å². The summed E-state index contributed by atoms with van der Waals surface area (Å²) in [5.41, 5.74) is 1.90. The average molecular weight is 209 g/mol. The van der Waals surface area contributed by atoms with Crippen molar-refractivity contribution in [3.8, 4) is 0 Å². The fraction of sp³-hybridized carbons (Fsp3) is 0.538. The van der Waals surface area contributed by atoms with Gasteiger partial charge < -0.3 is 4.90 Å². The van der Waals surface area contributed by atoms with Crippen molar-refractivity contribution in [1.82, 2.24) is 0 Å². The molecule has 1 aromatic rings. The van der Waals surface area contributed by atoms with E-state index in [1.165, 1.54) is 5.56 Å². The predicted molar refractivity (Wildman–Crippen MR) is 64.1 cm³/mol. The first kappa shape index (κ1) is 12.0. The summed E-state index contributed by atoms with van der Waals surface area (Å²) in [4.78, 5) is 1.97. The standard InChI is InChI=1S/C13H20FN/c1-5-8-15(4)13-9-11(10(2)3)6-7-12(13)14/h6-7,9-10H,5,8H2,1-4H3. The Morgan fingerprint density at radius 1 is 1.33 bits per heavy atom. The van der Waals surface area contributed by atoms with Crippen LogP contribution in [0.1, 0.15) is 38.7 Å². The lowest BCUT2D eigenvalue weighted by molar-refractivity contribution is 0.620. The second-order valence-corrected chi connectivity index (χ2v) is 4.29. The van der Waals surface area contributed by atoms with Crippen LogP contribution in [0.15, 0.2) is 18.2 Å². The number of nitrogens with zero attached hydrogens (tertiary/aromatic N) is 1. The van der Waals surface area contributed by atoms with Gasteiger partial charge in [0.15, 0.2) is 0 Å². The van der Waals surface area contributed by atoms with E-state index in [1.807, 2.05) is 24.1 Å². The average Bonchev–Trinajstić information content (AvgIpc) is 2.18. The van der Waals surface area contributed by atoms with Crippen LogP contribution in [-0.4, -0.2) is 13.6 Å². The van der Waals surface area contributed by atoms with Crippen molar-refractivity contribution in [3.63, 3.8) is 0 Å². The number of rotatable bonds is 4. The molecule has 84 valence electrons. The van der Waals surface area contributed by atoms with E-state index in [4.69, 9.17) is 0 Å². The molecule has 0 aliphatic rings. The van der Waals surface area contributed by atoms with Crippen LogP contribution < -0.4 is 4.90 Å². The van der Waals surface area contributed by atoms with E-state index in [0.29, 0.717) is 11.6 Å². The molecule has 0 radical (unpaired) electrons. The molecule has 0 aliphatic carbocycles. The summed E-state index contributed by atoms with van der Waals surface area (Å²) in [6, 6.07) is 5.38. The summed E-state index contributed by atoms with van der Waals surface area (Å²) < 4.78 is 13.6. The molecule has 0 saturated carbocycles. The highest BCUT2D eigenvalue weighted by Gasteiger charge is 2.09. The third kappa shape index (κ3) is 2.95. The summed E-state index contributed by atoms with van der Waals surface area (Å²) in [7, 11) is 1.94. The molecule has 0 spiro atoms. The molecule has 0 atom stereocenters. The molecular formula is C13H20FN. The monoisotopic (exact) mass is 209 g/mol. The lowest BCUT2D eigenvalue weighted by Crippen LogP contribution is -2.19. The van der Waals surface area contributed by atoms with Crippen LogP contribution in [0.4, 0.5) is 10.1 Å². The van der Waals surface area contributed by atoms with Crippen molar-refractivity contribution in [2.75, 3.05) is 18.5 Å². The summed E-state index contributed by atoms with van der Waals surface area (Å²) in [6.45, 7) is 7.23. The van der Waals surface area contributed by atoms with Gasteiger partial charge >= 0.3 is 0 Å². The van der Waals surface area contributed by atoms with Crippen molar-refractivity contribution in [2.45, 2.75) is 33.1 Å². The zero-order valence-corrected chi connectivity index (χ0v) is 10.0. The molecule has 0 unspecified atom stereocenters. The highest BCUT2D eigenvalue weighted by molar-refractivity contribution is 5.49. The zero-order chi connectivity index (χ0) is 11.4. The maximum Gasteiger partial charge on any atom is 0.146 e. The van der Waals surface area contributed by atoms with Gasteiger partial charge in [-0.2, -0.15) is 0 Å². The highest BCUT2D eigenvalue weighted by Crippen LogP contribution is 2.24. The molecule has 0 N–H and O–H groups in total. The van der Waals surface area contributed by atoms with Crippen LogP contribution in [0.5, 0.6) is 0 Å². The summed E-state index contributed by atoms with van der Waals surface area (Å²) in [6.07, 6.45) is 1.03. The molecule has 1 aromatic carbocycles. The van der Waals surface area contributed by atoms with E-state index in [9.17, 15) is 4.39 Å². The molecule has 2 heteroatoms. The topological polar surface area (TPSA) is 3.24 Å². The van der Waals surface area contributed by atoms with Gasteiger partial charge in [0.2, 0.25) is 0 Å². The molecule has 0 amide bonds. The van der Waals surface area contributed by atoms with Gasteiger partial charge in [-0.1, -0.05) is 26.8 Å². The van der Waals surface area contributed by atoms with E-state index in [1.54, 1.807) is 6.07 Å². The highest BCUT2D eigenvalue weighted by atomic mass is 19.1. The van der Waals surface area contributed by atoms with Crippen molar-refractivity contribution in [1.29, 1.82) is 0 Å². The van der Waals surface area contributed by atoms with Gasteiger partial charge in [-0.3, -0.25) is 0 Å². The lowest BCUT2D eigenvalue weighted by Gasteiger charge is -2.20. The zero-order valence-electron chi connectivity index (χ0n) is 10.0. The first-order valence-electron chi connectivity index (χ1n) is 5.56. The first-order chi connectivity index (χ1) is 7.06. The van der Waals surface area contributed by atoms with Crippen LogP contribution in [0.3, 0.4) is 0 Å². The van der Waals surface area contributed by atoms with Gasteiger partial charge in [0.25, 0.3) is 0 Å². The Labute approximate surface area is 91.9 Å². The Kier molecular flexibility index (Phi) is 4.13. The SMILES string of the molecule is CCCN(C)c1cc(C(C)C)ccc1F. The molecule has 1 rings (SSSR count). The first-order valence-corrected chi connectivity index (χ1v) is 5.56. The molecule has 0 aliphatic heterocycles. The van der Waals surface area contributed by atoms with E-state index in [0.717, 1.165) is 13.0 Å². The largest absolute Gasteiger partial charge is 0.372 e. The predicted octanol–water partition coefficient (Wildman–Crippen LogP) is 3.80. The number of hydrogen-bond acceptors (Lipinski definition) is 1. The fourth-order valence-corrected chi connectivity index (χ4v) is 1.64. The molecule has 1 nitrogen and oxygen atoms in total. The maximum absolute atomic E-state index is 13.6. The second-order valence-electron chi connectivity index (χ2n) is 4.29. The summed E-state index contributed by atoms with van der Waals surface area (Å²) >= 11 is 0. The van der Waals surface area contributed by atoms with Gasteiger partial charge in [0.1, 0.15) is 5.82 Å². The van der Waals surface area contributed by atoms with E-state index < -0.39 is 0 Å². The van der Waals surface area contributed by atoms with Crippen molar-refractivity contribution in [3.05, 3.63) is 29.6 Å². The van der Waals surface area contributed by atoms with Crippen molar-refractivity contribution >= 4 is 5.69 Å².